The number of hydrogen-bond acceptors (Lipinski definition) is 5. The van der Waals surface area contributed by atoms with Crippen LogP contribution in [0, 0.1) is 0 Å². The number of rotatable bonds is 5. The van der Waals surface area contributed by atoms with Crippen molar-refractivity contribution < 1.29 is 0 Å². The van der Waals surface area contributed by atoms with Gasteiger partial charge in [0.15, 0.2) is 0 Å². The molecule has 2 N–H and O–H groups in total. The highest BCUT2D eigenvalue weighted by atomic mass is 35.5. The molecule has 1 fully saturated rings. The molecule has 1 aliphatic rings. The lowest BCUT2D eigenvalue weighted by Crippen LogP contribution is -2.29. The Morgan fingerprint density at radius 1 is 1.52 bits per heavy atom. The van der Waals surface area contributed by atoms with Gasteiger partial charge < -0.3 is 10.6 Å². The van der Waals surface area contributed by atoms with E-state index in [9.17, 15) is 0 Å². The van der Waals surface area contributed by atoms with Gasteiger partial charge in [-0.3, -0.25) is 0 Å². The van der Waals surface area contributed by atoms with Gasteiger partial charge in [0.1, 0.15) is 6.33 Å². The molecule has 7 heteroatoms. The van der Waals surface area contributed by atoms with Crippen molar-refractivity contribution in [1.82, 2.24) is 25.5 Å². The SMILES string of the molecule is CC(CC1CCCN1)Nc1cc(-n2cnnn2)ccc1Cl. The molecular weight excluding hydrogens is 288 g/mol. The van der Waals surface area contributed by atoms with E-state index in [-0.39, 0.29) is 0 Å². The number of anilines is 1. The maximum atomic E-state index is 6.28. The van der Waals surface area contributed by atoms with Crippen LogP contribution in [0.3, 0.4) is 0 Å². The van der Waals surface area contributed by atoms with Gasteiger partial charge in [-0.15, -0.1) is 5.10 Å². The predicted octanol–water partition coefficient (Wildman–Crippen LogP) is 2.26. The largest absolute Gasteiger partial charge is 0.381 e. The summed E-state index contributed by atoms with van der Waals surface area (Å²) in [5.74, 6) is 0. The Balaban J connectivity index is 1.70. The van der Waals surface area contributed by atoms with E-state index < -0.39 is 0 Å². The van der Waals surface area contributed by atoms with Gasteiger partial charge in [-0.05, 0) is 61.4 Å². The lowest BCUT2D eigenvalue weighted by atomic mass is 10.1. The normalized spacial score (nSPS) is 19.6. The molecule has 2 heterocycles. The quantitative estimate of drug-likeness (QED) is 0.887. The highest BCUT2D eigenvalue weighted by molar-refractivity contribution is 6.33. The number of nitrogens with one attached hydrogen (secondary N) is 2. The molecule has 2 unspecified atom stereocenters. The van der Waals surface area contributed by atoms with Crippen molar-refractivity contribution >= 4 is 17.3 Å². The Labute approximate surface area is 128 Å². The second kappa shape index (κ2) is 6.41. The smallest absolute Gasteiger partial charge is 0.143 e. The minimum absolute atomic E-state index is 0.349. The van der Waals surface area contributed by atoms with Crippen molar-refractivity contribution in [3.05, 3.63) is 29.5 Å². The molecule has 0 amide bonds. The number of tetrazole rings is 1. The van der Waals surface area contributed by atoms with Crippen LogP contribution in [0.2, 0.25) is 5.02 Å². The first-order valence-corrected chi connectivity index (χ1v) is 7.63. The van der Waals surface area contributed by atoms with Crippen molar-refractivity contribution in [3.63, 3.8) is 0 Å². The molecule has 0 radical (unpaired) electrons. The van der Waals surface area contributed by atoms with Gasteiger partial charge >= 0.3 is 0 Å². The number of nitrogens with zero attached hydrogens (tertiary/aromatic N) is 4. The zero-order valence-electron chi connectivity index (χ0n) is 12.0. The van der Waals surface area contributed by atoms with E-state index in [2.05, 4.69) is 33.1 Å². The monoisotopic (exact) mass is 306 g/mol. The van der Waals surface area contributed by atoms with Crippen LogP contribution in [0.15, 0.2) is 24.5 Å². The second-order valence-corrected chi connectivity index (χ2v) is 5.90. The van der Waals surface area contributed by atoms with E-state index in [0.29, 0.717) is 17.1 Å². The van der Waals surface area contributed by atoms with Gasteiger partial charge in [-0.2, -0.15) is 0 Å². The van der Waals surface area contributed by atoms with Crippen molar-refractivity contribution in [2.75, 3.05) is 11.9 Å². The first kappa shape index (κ1) is 14.3. The molecule has 2 aromatic rings. The van der Waals surface area contributed by atoms with Crippen molar-refractivity contribution in [2.24, 2.45) is 0 Å². The number of benzene rings is 1. The summed E-state index contributed by atoms with van der Waals surface area (Å²) in [5, 5.41) is 18.9. The summed E-state index contributed by atoms with van der Waals surface area (Å²) in [6, 6.07) is 6.68. The van der Waals surface area contributed by atoms with Crippen LogP contribution in [0.1, 0.15) is 26.2 Å². The number of halogens is 1. The van der Waals surface area contributed by atoms with E-state index in [0.717, 1.165) is 24.3 Å². The molecule has 1 aliphatic heterocycles. The van der Waals surface area contributed by atoms with Crippen molar-refractivity contribution in [1.29, 1.82) is 0 Å². The minimum atomic E-state index is 0.349. The Hall–Kier alpha value is -1.66. The van der Waals surface area contributed by atoms with Crippen LogP contribution in [0.25, 0.3) is 5.69 Å². The lowest BCUT2D eigenvalue weighted by Gasteiger charge is -2.20. The van der Waals surface area contributed by atoms with E-state index in [1.807, 2.05) is 18.2 Å². The summed E-state index contributed by atoms with van der Waals surface area (Å²) in [5.41, 5.74) is 1.80. The van der Waals surface area contributed by atoms with Gasteiger partial charge in [0.05, 0.1) is 16.4 Å². The molecule has 112 valence electrons. The average molecular weight is 307 g/mol. The molecule has 3 rings (SSSR count). The average Bonchev–Trinajstić information content (AvgIpc) is 3.14. The molecular formula is C14H19ClN6. The lowest BCUT2D eigenvalue weighted by molar-refractivity contribution is 0.523. The maximum Gasteiger partial charge on any atom is 0.143 e. The summed E-state index contributed by atoms with van der Waals surface area (Å²) in [6.45, 7) is 3.31. The molecule has 0 spiro atoms. The topological polar surface area (TPSA) is 67.7 Å². The van der Waals surface area contributed by atoms with E-state index in [1.54, 1.807) is 11.0 Å². The van der Waals surface area contributed by atoms with Crippen LogP contribution in [-0.4, -0.2) is 38.8 Å². The van der Waals surface area contributed by atoms with Gasteiger partial charge in [0.2, 0.25) is 0 Å². The standard InChI is InChI=1S/C14H19ClN6/c1-10(7-11-3-2-6-16-11)18-14-8-12(4-5-13(14)15)21-9-17-19-20-21/h4-5,8-11,16,18H,2-3,6-7H2,1H3. The van der Waals surface area contributed by atoms with Crippen LogP contribution in [0.5, 0.6) is 0 Å². The summed E-state index contributed by atoms with van der Waals surface area (Å²) in [6.07, 6.45) is 5.18. The third-order valence-electron chi connectivity index (χ3n) is 3.77. The molecule has 2 atom stereocenters. The molecule has 0 bridgehead atoms. The summed E-state index contributed by atoms with van der Waals surface area (Å²) >= 11 is 6.28. The van der Waals surface area contributed by atoms with E-state index >= 15 is 0 Å². The fourth-order valence-electron chi connectivity index (χ4n) is 2.76. The van der Waals surface area contributed by atoms with Crippen LogP contribution < -0.4 is 10.6 Å². The van der Waals surface area contributed by atoms with Gasteiger partial charge in [-0.25, -0.2) is 4.68 Å². The van der Waals surface area contributed by atoms with E-state index in [4.69, 9.17) is 11.6 Å². The molecule has 6 nitrogen and oxygen atoms in total. The second-order valence-electron chi connectivity index (χ2n) is 5.49. The Kier molecular flexibility index (Phi) is 4.36. The van der Waals surface area contributed by atoms with Crippen LogP contribution in [-0.2, 0) is 0 Å². The fraction of sp³-hybridized carbons (Fsp3) is 0.500. The molecule has 0 aliphatic carbocycles. The zero-order valence-corrected chi connectivity index (χ0v) is 12.7. The summed E-state index contributed by atoms with van der Waals surface area (Å²) < 4.78 is 1.62. The van der Waals surface area contributed by atoms with Gasteiger partial charge in [0.25, 0.3) is 0 Å². The van der Waals surface area contributed by atoms with Crippen LogP contribution in [0.4, 0.5) is 5.69 Å². The predicted molar refractivity (Wildman–Crippen MR) is 82.9 cm³/mol. The Morgan fingerprint density at radius 2 is 2.43 bits per heavy atom. The molecule has 21 heavy (non-hydrogen) atoms. The Bertz CT molecular complexity index is 579. The van der Waals surface area contributed by atoms with E-state index in [1.165, 1.54) is 12.8 Å². The molecule has 0 saturated carbocycles. The highest BCUT2D eigenvalue weighted by Gasteiger charge is 2.17. The number of aromatic nitrogens is 4. The Morgan fingerprint density at radius 3 is 3.14 bits per heavy atom. The van der Waals surface area contributed by atoms with Crippen molar-refractivity contribution in [2.45, 2.75) is 38.3 Å². The first-order chi connectivity index (χ1) is 10.2. The number of hydrogen-bond donors (Lipinski definition) is 2. The molecule has 1 aromatic carbocycles. The minimum Gasteiger partial charge on any atom is -0.381 e. The molecule has 1 saturated heterocycles. The van der Waals surface area contributed by atoms with Crippen molar-refractivity contribution in [3.8, 4) is 5.69 Å². The third-order valence-corrected chi connectivity index (χ3v) is 4.10. The highest BCUT2D eigenvalue weighted by Crippen LogP contribution is 2.26. The van der Waals surface area contributed by atoms with Crippen LogP contribution >= 0.6 is 11.6 Å². The molecule has 1 aromatic heterocycles. The maximum absolute atomic E-state index is 6.28. The first-order valence-electron chi connectivity index (χ1n) is 7.25. The summed E-state index contributed by atoms with van der Waals surface area (Å²) in [4.78, 5) is 0. The zero-order chi connectivity index (χ0) is 14.7. The third kappa shape index (κ3) is 3.51. The van der Waals surface area contributed by atoms with Gasteiger partial charge in [0, 0.05) is 12.1 Å². The summed E-state index contributed by atoms with van der Waals surface area (Å²) in [7, 11) is 0. The van der Waals surface area contributed by atoms with Gasteiger partial charge in [-0.1, -0.05) is 11.6 Å². The fourth-order valence-corrected chi connectivity index (χ4v) is 2.93.